The van der Waals surface area contributed by atoms with Crippen LogP contribution in [0.3, 0.4) is 0 Å². The molecule has 10 heavy (non-hydrogen) atoms. The minimum Gasteiger partial charge on any atom is -0.393 e. The van der Waals surface area contributed by atoms with Gasteiger partial charge in [0.25, 0.3) is 0 Å². The van der Waals surface area contributed by atoms with Crippen LogP contribution in [0.15, 0.2) is 0 Å². The largest absolute Gasteiger partial charge is 0.393 e. The minimum atomic E-state index is -0.0452. The van der Waals surface area contributed by atoms with Crippen molar-refractivity contribution in [2.24, 2.45) is 0 Å². The van der Waals surface area contributed by atoms with Gasteiger partial charge in [0.15, 0.2) is 0 Å². The zero-order valence-electron chi connectivity index (χ0n) is 6.34. The van der Waals surface area contributed by atoms with Gasteiger partial charge in [-0.25, -0.2) is 0 Å². The molecule has 0 spiro atoms. The Morgan fingerprint density at radius 1 is 1.60 bits per heavy atom. The fraction of sp³-hybridized carbons (Fsp3) is 1.00. The van der Waals surface area contributed by atoms with E-state index in [0.29, 0.717) is 6.04 Å². The predicted molar refractivity (Wildman–Crippen MR) is 44.6 cm³/mol. The first-order valence-electron chi connectivity index (χ1n) is 3.74. The van der Waals surface area contributed by atoms with Gasteiger partial charge in [-0.05, 0) is 25.8 Å². The van der Waals surface area contributed by atoms with Crippen molar-refractivity contribution in [3.05, 3.63) is 0 Å². The average Bonchev–Trinajstić information content (AvgIpc) is 1.88. The first-order chi connectivity index (χ1) is 4.33. The first-order valence-corrected chi connectivity index (χ1v) is 3.74. The summed E-state index contributed by atoms with van der Waals surface area (Å²) in [7, 11) is 0. The van der Waals surface area contributed by atoms with E-state index in [1.165, 1.54) is 0 Å². The van der Waals surface area contributed by atoms with Gasteiger partial charge in [-0.1, -0.05) is 6.92 Å². The number of hydrogen-bond donors (Lipinski definition) is 2. The van der Waals surface area contributed by atoms with Crippen LogP contribution in [-0.2, 0) is 0 Å². The van der Waals surface area contributed by atoms with Crippen molar-refractivity contribution < 1.29 is 5.11 Å². The molecule has 0 bridgehead atoms. The van der Waals surface area contributed by atoms with Crippen molar-refractivity contribution >= 4 is 12.4 Å². The third kappa shape index (κ3) is 2.86. The van der Waals surface area contributed by atoms with E-state index in [2.05, 4.69) is 12.2 Å². The molecule has 1 fully saturated rings. The van der Waals surface area contributed by atoms with Gasteiger partial charge in [0.1, 0.15) is 0 Å². The predicted octanol–water partition coefficient (Wildman–Crippen LogP) is 0.931. The van der Waals surface area contributed by atoms with Gasteiger partial charge in [0, 0.05) is 6.04 Å². The highest BCUT2D eigenvalue weighted by Gasteiger charge is 2.16. The Hall–Kier alpha value is 0.210. The minimum absolute atomic E-state index is 0. The normalized spacial score (nSPS) is 33.0. The Kier molecular flexibility index (Phi) is 5.04. The molecule has 1 saturated heterocycles. The summed E-state index contributed by atoms with van der Waals surface area (Å²) in [6.07, 6.45) is 2.96. The summed E-state index contributed by atoms with van der Waals surface area (Å²) in [6, 6.07) is 0.564. The highest BCUT2D eigenvalue weighted by molar-refractivity contribution is 5.85. The molecular formula is C7H16ClNO. The number of rotatable bonds is 1. The van der Waals surface area contributed by atoms with E-state index in [1.54, 1.807) is 0 Å². The fourth-order valence-corrected chi connectivity index (χ4v) is 1.29. The topological polar surface area (TPSA) is 32.3 Å². The van der Waals surface area contributed by atoms with Gasteiger partial charge in [-0.3, -0.25) is 0 Å². The number of aliphatic hydroxyl groups is 1. The Balaban J connectivity index is 0.000000810. The van der Waals surface area contributed by atoms with Crippen LogP contribution in [0.5, 0.6) is 0 Å². The highest BCUT2D eigenvalue weighted by atomic mass is 35.5. The monoisotopic (exact) mass is 165 g/mol. The molecule has 0 aliphatic carbocycles. The maximum atomic E-state index is 9.17. The number of aliphatic hydroxyl groups excluding tert-OH is 1. The van der Waals surface area contributed by atoms with Crippen LogP contribution in [0.25, 0.3) is 0 Å². The molecule has 2 N–H and O–H groups in total. The molecule has 1 aliphatic rings. The molecule has 0 unspecified atom stereocenters. The van der Waals surface area contributed by atoms with E-state index in [9.17, 15) is 5.11 Å². The molecular weight excluding hydrogens is 150 g/mol. The number of nitrogens with one attached hydrogen (secondary N) is 1. The average molecular weight is 166 g/mol. The molecule has 2 nitrogen and oxygen atoms in total. The van der Waals surface area contributed by atoms with Gasteiger partial charge in [-0.2, -0.15) is 0 Å². The third-order valence-corrected chi connectivity index (χ3v) is 1.96. The van der Waals surface area contributed by atoms with Gasteiger partial charge in [0.05, 0.1) is 6.10 Å². The molecule has 62 valence electrons. The van der Waals surface area contributed by atoms with Crippen LogP contribution in [0.2, 0.25) is 0 Å². The molecule has 1 aliphatic heterocycles. The van der Waals surface area contributed by atoms with Gasteiger partial charge in [0.2, 0.25) is 0 Å². The SMILES string of the molecule is CC[C@@H]1C[C@H](O)CCN1.Cl. The molecule has 0 aromatic heterocycles. The molecule has 1 heterocycles. The van der Waals surface area contributed by atoms with Crippen molar-refractivity contribution in [3.8, 4) is 0 Å². The van der Waals surface area contributed by atoms with E-state index >= 15 is 0 Å². The second-order valence-corrected chi connectivity index (χ2v) is 2.74. The Bertz CT molecular complexity index is 89.7. The Morgan fingerprint density at radius 2 is 2.30 bits per heavy atom. The molecule has 0 saturated carbocycles. The zero-order valence-corrected chi connectivity index (χ0v) is 7.16. The Morgan fingerprint density at radius 3 is 2.70 bits per heavy atom. The molecule has 1 rings (SSSR count). The summed E-state index contributed by atoms with van der Waals surface area (Å²) in [5.74, 6) is 0. The van der Waals surface area contributed by atoms with Gasteiger partial charge in [-0.15, -0.1) is 12.4 Å². The number of halogens is 1. The lowest BCUT2D eigenvalue weighted by Gasteiger charge is -2.25. The van der Waals surface area contributed by atoms with E-state index in [4.69, 9.17) is 0 Å². The maximum Gasteiger partial charge on any atom is 0.0567 e. The lowest BCUT2D eigenvalue weighted by Crippen LogP contribution is -2.39. The highest BCUT2D eigenvalue weighted by Crippen LogP contribution is 2.09. The molecule has 0 aromatic carbocycles. The van der Waals surface area contributed by atoms with Crippen molar-refractivity contribution in [2.75, 3.05) is 6.54 Å². The Labute approximate surface area is 68.4 Å². The van der Waals surface area contributed by atoms with E-state index in [1.807, 2.05) is 0 Å². The van der Waals surface area contributed by atoms with Crippen LogP contribution >= 0.6 is 12.4 Å². The summed E-state index contributed by atoms with van der Waals surface area (Å²) >= 11 is 0. The smallest absolute Gasteiger partial charge is 0.0567 e. The van der Waals surface area contributed by atoms with E-state index in [-0.39, 0.29) is 18.5 Å². The summed E-state index contributed by atoms with van der Waals surface area (Å²) in [6.45, 7) is 3.13. The van der Waals surface area contributed by atoms with Gasteiger partial charge < -0.3 is 10.4 Å². The first kappa shape index (κ1) is 10.2. The molecule has 0 amide bonds. The number of hydrogen-bond acceptors (Lipinski definition) is 2. The van der Waals surface area contributed by atoms with Crippen LogP contribution in [0.1, 0.15) is 26.2 Å². The molecule has 2 atom stereocenters. The quantitative estimate of drug-likeness (QED) is 0.606. The zero-order chi connectivity index (χ0) is 6.69. The second kappa shape index (κ2) is 4.94. The summed E-state index contributed by atoms with van der Waals surface area (Å²) in [5, 5.41) is 12.5. The van der Waals surface area contributed by atoms with Crippen molar-refractivity contribution in [1.82, 2.24) is 5.32 Å². The standard InChI is InChI=1S/C7H15NO.ClH/c1-2-6-5-7(9)3-4-8-6;/h6-9H,2-5H2,1H3;1H/t6-,7-;/m1./s1. The number of piperidine rings is 1. The molecule has 0 radical (unpaired) electrons. The lowest BCUT2D eigenvalue weighted by atomic mass is 10.0. The summed E-state index contributed by atoms with van der Waals surface area (Å²) in [5.41, 5.74) is 0. The lowest BCUT2D eigenvalue weighted by molar-refractivity contribution is 0.115. The van der Waals surface area contributed by atoms with Gasteiger partial charge >= 0.3 is 0 Å². The van der Waals surface area contributed by atoms with E-state index in [0.717, 1.165) is 25.8 Å². The van der Waals surface area contributed by atoms with E-state index < -0.39 is 0 Å². The van der Waals surface area contributed by atoms with Crippen LogP contribution < -0.4 is 5.32 Å². The fourth-order valence-electron chi connectivity index (χ4n) is 1.29. The van der Waals surface area contributed by atoms with Crippen LogP contribution in [0.4, 0.5) is 0 Å². The van der Waals surface area contributed by atoms with Crippen molar-refractivity contribution in [1.29, 1.82) is 0 Å². The van der Waals surface area contributed by atoms with Crippen molar-refractivity contribution in [3.63, 3.8) is 0 Å². The molecule has 0 aromatic rings. The summed E-state index contributed by atoms with van der Waals surface area (Å²) < 4.78 is 0. The maximum absolute atomic E-state index is 9.17. The molecule has 3 heteroatoms. The van der Waals surface area contributed by atoms with Crippen molar-refractivity contribution in [2.45, 2.75) is 38.3 Å². The third-order valence-electron chi connectivity index (χ3n) is 1.96. The second-order valence-electron chi connectivity index (χ2n) is 2.74. The van der Waals surface area contributed by atoms with Crippen LogP contribution in [-0.4, -0.2) is 23.8 Å². The summed E-state index contributed by atoms with van der Waals surface area (Å²) in [4.78, 5) is 0. The van der Waals surface area contributed by atoms with Crippen LogP contribution in [0, 0.1) is 0 Å².